The maximum atomic E-state index is 11.3. The highest BCUT2D eigenvalue weighted by molar-refractivity contribution is 5.92. The molecule has 0 heterocycles. The van der Waals surface area contributed by atoms with Crippen LogP contribution < -0.4 is 0 Å². The van der Waals surface area contributed by atoms with Crippen LogP contribution in [0.15, 0.2) is 73.9 Å². The van der Waals surface area contributed by atoms with E-state index in [0.717, 1.165) is 5.56 Å². The minimum Gasteiger partial charge on any atom is -0.458 e. The fourth-order valence-electron chi connectivity index (χ4n) is 1.06. The molecule has 0 aliphatic heterocycles. The van der Waals surface area contributed by atoms with Gasteiger partial charge < -0.3 is 4.74 Å². The van der Waals surface area contributed by atoms with E-state index in [9.17, 15) is 4.79 Å². The van der Waals surface area contributed by atoms with E-state index in [4.69, 9.17) is 10.00 Å². The lowest BCUT2D eigenvalue weighted by atomic mass is 10.2. The van der Waals surface area contributed by atoms with Gasteiger partial charge in [0.05, 0.1) is 11.6 Å². The van der Waals surface area contributed by atoms with E-state index in [-0.39, 0.29) is 6.61 Å². The van der Waals surface area contributed by atoms with Crippen LogP contribution in [0.4, 0.5) is 0 Å². The lowest BCUT2D eigenvalue weighted by Crippen LogP contribution is -2.05. The minimum atomic E-state index is -0.424. The summed E-state index contributed by atoms with van der Waals surface area (Å²) in [6.45, 7) is 10.4. The van der Waals surface area contributed by atoms with Crippen LogP contribution in [-0.2, 0) is 9.53 Å². The topological polar surface area (TPSA) is 50.1 Å². The summed E-state index contributed by atoms with van der Waals surface area (Å²) in [4.78, 5) is 11.3. The van der Waals surface area contributed by atoms with Gasteiger partial charge in [-0.3, -0.25) is 0 Å². The highest BCUT2D eigenvalue weighted by Gasteiger charge is 2.02. The minimum absolute atomic E-state index is 0.205. The van der Waals surface area contributed by atoms with E-state index < -0.39 is 5.97 Å². The van der Waals surface area contributed by atoms with Crippen molar-refractivity contribution in [3.05, 3.63) is 79.4 Å². The van der Waals surface area contributed by atoms with E-state index in [0.29, 0.717) is 5.57 Å². The number of allylic oxidation sites excluding steroid dienone is 1. The van der Waals surface area contributed by atoms with Gasteiger partial charge in [0, 0.05) is 6.08 Å². The van der Waals surface area contributed by atoms with Crippen molar-refractivity contribution in [1.82, 2.24) is 0 Å². The molecule has 1 aromatic rings. The predicted octanol–water partition coefficient (Wildman–Crippen LogP) is 3.68. The molecule has 0 atom stereocenters. The smallest absolute Gasteiger partial charge is 0.337 e. The van der Waals surface area contributed by atoms with Gasteiger partial charge in [-0.1, -0.05) is 62.2 Å². The zero-order valence-corrected chi connectivity index (χ0v) is 11.3. The molecule has 0 radical (unpaired) electrons. The summed E-state index contributed by atoms with van der Waals surface area (Å²) >= 11 is 0. The highest BCUT2D eigenvalue weighted by atomic mass is 16.5. The van der Waals surface area contributed by atoms with Crippen LogP contribution in [0.2, 0.25) is 0 Å². The standard InChI is InChI=1S/C14H14O2.C3H3N/c1-3-11-16-14(15)12(2)9-10-13-7-5-4-6-8-13;1-2-3-4/h3-10H,1-2,11H2;2H,1H2. The molecule has 3 heteroatoms. The number of hydrogen-bond donors (Lipinski definition) is 0. The summed E-state index contributed by atoms with van der Waals surface area (Å²) in [6, 6.07) is 11.4. The van der Waals surface area contributed by atoms with Gasteiger partial charge in [0.2, 0.25) is 0 Å². The van der Waals surface area contributed by atoms with Crippen molar-refractivity contribution in [2.75, 3.05) is 6.61 Å². The number of esters is 1. The molecule has 0 saturated carbocycles. The number of nitrogens with zero attached hydrogens (tertiary/aromatic N) is 1. The van der Waals surface area contributed by atoms with Crippen molar-refractivity contribution >= 4 is 12.0 Å². The Balaban J connectivity index is 0.000000796. The zero-order chi connectivity index (χ0) is 15.2. The van der Waals surface area contributed by atoms with Gasteiger partial charge in [-0.2, -0.15) is 5.26 Å². The zero-order valence-electron chi connectivity index (χ0n) is 11.3. The molecule has 1 rings (SSSR count). The molecule has 0 fully saturated rings. The fourth-order valence-corrected chi connectivity index (χ4v) is 1.06. The van der Waals surface area contributed by atoms with Crippen molar-refractivity contribution in [2.24, 2.45) is 0 Å². The molecule has 0 N–H and O–H groups in total. The molecule has 0 amide bonds. The molecule has 0 aromatic heterocycles. The molecule has 1 aromatic carbocycles. The molecular weight excluding hydrogens is 250 g/mol. The van der Waals surface area contributed by atoms with Crippen LogP contribution in [0.25, 0.3) is 6.08 Å². The number of carbonyl (C=O) groups excluding carboxylic acids is 1. The van der Waals surface area contributed by atoms with Gasteiger partial charge in [0.15, 0.2) is 0 Å². The lowest BCUT2D eigenvalue weighted by Gasteiger charge is -2.00. The summed E-state index contributed by atoms with van der Waals surface area (Å²) < 4.78 is 4.83. The highest BCUT2D eigenvalue weighted by Crippen LogP contribution is 2.05. The number of ether oxygens (including phenoxy) is 1. The SMILES string of the molecule is C=CC#N.C=CCOC(=O)C(=C)C=Cc1ccccc1. The quantitative estimate of drug-likeness (QED) is 0.269. The van der Waals surface area contributed by atoms with E-state index >= 15 is 0 Å². The Hall–Kier alpha value is -2.86. The second-order valence-corrected chi connectivity index (χ2v) is 3.49. The van der Waals surface area contributed by atoms with Gasteiger partial charge >= 0.3 is 5.97 Å². The first kappa shape index (κ1) is 17.1. The monoisotopic (exact) mass is 267 g/mol. The normalized spacial score (nSPS) is 8.75. The van der Waals surface area contributed by atoms with Crippen LogP contribution in [0, 0.1) is 11.3 Å². The Bertz CT molecular complexity index is 522. The Labute approximate surface area is 119 Å². The molecule has 0 aliphatic rings. The number of nitriles is 1. The second-order valence-electron chi connectivity index (χ2n) is 3.49. The van der Waals surface area contributed by atoms with Crippen molar-refractivity contribution < 1.29 is 9.53 Å². The summed E-state index contributed by atoms with van der Waals surface area (Å²) in [6.07, 6.45) is 6.16. The Kier molecular flexibility index (Phi) is 9.64. The van der Waals surface area contributed by atoms with Gasteiger partial charge in [-0.05, 0) is 11.6 Å². The average Bonchev–Trinajstić information content (AvgIpc) is 2.51. The van der Waals surface area contributed by atoms with Crippen molar-refractivity contribution in [3.63, 3.8) is 0 Å². The fraction of sp³-hybridized carbons (Fsp3) is 0.0588. The predicted molar refractivity (Wildman–Crippen MR) is 81.6 cm³/mol. The van der Waals surface area contributed by atoms with Gasteiger partial charge in [-0.15, -0.1) is 0 Å². The largest absolute Gasteiger partial charge is 0.458 e. The number of benzene rings is 1. The van der Waals surface area contributed by atoms with Gasteiger partial charge in [-0.25, -0.2) is 4.79 Å². The Morgan fingerprint density at radius 1 is 1.30 bits per heavy atom. The van der Waals surface area contributed by atoms with Crippen molar-refractivity contribution in [1.29, 1.82) is 5.26 Å². The van der Waals surface area contributed by atoms with E-state index in [1.165, 1.54) is 12.2 Å². The maximum Gasteiger partial charge on any atom is 0.337 e. The van der Waals surface area contributed by atoms with E-state index in [1.54, 1.807) is 12.1 Å². The molecule has 0 saturated heterocycles. The number of hydrogen-bond acceptors (Lipinski definition) is 3. The molecular formula is C17H17NO2. The van der Waals surface area contributed by atoms with Gasteiger partial charge in [0.25, 0.3) is 0 Å². The van der Waals surface area contributed by atoms with Crippen LogP contribution >= 0.6 is 0 Å². The summed E-state index contributed by atoms with van der Waals surface area (Å²) in [7, 11) is 0. The molecule has 0 aliphatic carbocycles. The third kappa shape index (κ3) is 8.26. The Morgan fingerprint density at radius 2 is 1.90 bits per heavy atom. The van der Waals surface area contributed by atoms with Crippen LogP contribution in [0.5, 0.6) is 0 Å². The number of rotatable bonds is 5. The van der Waals surface area contributed by atoms with Gasteiger partial charge in [0.1, 0.15) is 6.61 Å². The molecule has 3 nitrogen and oxygen atoms in total. The first-order valence-corrected chi connectivity index (χ1v) is 5.86. The lowest BCUT2D eigenvalue weighted by molar-refractivity contribution is -0.137. The first-order chi connectivity index (χ1) is 9.65. The molecule has 20 heavy (non-hydrogen) atoms. The number of carbonyl (C=O) groups is 1. The second kappa shape index (κ2) is 11.2. The molecule has 0 bridgehead atoms. The van der Waals surface area contributed by atoms with Crippen molar-refractivity contribution in [2.45, 2.75) is 0 Å². The summed E-state index contributed by atoms with van der Waals surface area (Å²) in [5.41, 5.74) is 1.34. The third-order valence-electron chi connectivity index (χ3n) is 1.96. The summed E-state index contributed by atoms with van der Waals surface area (Å²) in [5, 5.41) is 7.51. The Morgan fingerprint density at radius 3 is 2.40 bits per heavy atom. The average molecular weight is 267 g/mol. The maximum absolute atomic E-state index is 11.3. The summed E-state index contributed by atoms with van der Waals surface area (Å²) in [5.74, 6) is -0.424. The van der Waals surface area contributed by atoms with Crippen LogP contribution in [0.1, 0.15) is 5.56 Å². The van der Waals surface area contributed by atoms with Crippen LogP contribution in [0.3, 0.4) is 0 Å². The molecule has 102 valence electrons. The van der Waals surface area contributed by atoms with E-state index in [1.807, 2.05) is 36.4 Å². The van der Waals surface area contributed by atoms with Crippen LogP contribution in [-0.4, -0.2) is 12.6 Å². The van der Waals surface area contributed by atoms with E-state index in [2.05, 4.69) is 19.7 Å². The first-order valence-electron chi connectivity index (χ1n) is 5.86. The third-order valence-corrected chi connectivity index (χ3v) is 1.96. The molecule has 0 unspecified atom stereocenters. The van der Waals surface area contributed by atoms with Crippen molar-refractivity contribution in [3.8, 4) is 6.07 Å². The molecule has 0 spiro atoms.